The van der Waals surface area contributed by atoms with Crippen LogP contribution in [0, 0.1) is 5.82 Å². The van der Waals surface area contributed by atoms with Crippen LogP contribution < -0.4 is 20.1 Å². The third kappa shape index (κ3) is 4.84. The molecule has 1 aliphatic rings. The minimum Gasteiger partial charge on any atom is -0.488 e. The Labute approximate surface area is 155 Å². The lowest BCUT2D eigenvalue weighted by molar-refractivity contribution is -0.0506. The lowest BCUT2D eigenvalue weighted by Crippen LogP contribution is -2.42. The van der Waals surface area contributed by atoms with E-state index in [1.165, 1.54) is 18.2 Å². The standard InChI is InChI=1S/C19H20F3N3O2/c1-23-19(24-10-13-9-12-5-2-3-7-16(12)26-13)25-11-14-15(20)6-4-8-17(14)27-18(21)22/h2-8,13,18H,9-11H2,1H3,(H2,23,24,25). The number of hydrogen-bond donors (Lipinski definition) is 2. The normalized spacial score (nSPS) is 16.0. The molecular formula is C19H20F3N3O2. The van der Waals surface area contributed by atoms with Crippen LogP contribution in [0.4, 0.5) is 13.2 Å². The van der Waals surface area contributed by atoms with Crippen LogP contribution in [0.25, 0.3) is 0 Å². The molecule has 0 spiro atoms. The van der Waals surface area contributed by atoms with Crippen LogP contribution in [0.3, 0.4) is 0 Å². The summed E-state index contributed by atoms with van der Waals surface area (Å²) in [6, 6.07) is 11.6. The van der Waals surface area contributed by atoms with Gasteiger partial charge in [0.2, 0.25) is 0 Å². The quantitative estimate of drug-likeness (QED) is 0.598. The van der Waals surface area contributed by atoms with Gasteiger partial charge in [0.25, 0.3) is 0 Å². The Hall–Kier alpha value is -2.90. The summed E-state index contributed by atoms with van der Waals surface area (Å²) in [4.78, 5) is 4.06. The van der Waals surface area contributed by atoms with Crippen molar-refractivity contribution in [3.8, 4) is 11.5 Å². The topological polar surface area (TPSA) is 54.9 Å². The third-order valence-electron chi connectivity index (χ3n) is 4.16. The number of fused-ring (bicyclic) bond motifs is 1. The highest BCUT2D eigenvalue weighted by atomic mass is 19.3. The van der Waals surface area contributed by atoms with Crippen LogP contribution in [-0.4, -0.2) is 32.3 Å². The molecule has 0 saturated carbocycles. The van der Waals surface area contributed by atoms with Crippen LogP contribution >= 0.6 is 0 Å². The van der Waals surface area contributed by atoms with E-state index < -0.39 is 12.4 Å². The van der Waals surface area contributed by atoms with Gasteiger partial charge in [0.05, 0.1) is 6.54 Å². The van der Waals surface area contributed by atoms with Gasteiger partial charge in [0.15, 0.2) is 5.96 Å². The van der Waals surface area contributed by atoms with Crippen molar-refractivity contribution in [2.75, 3.05) is 13.6 Å². The highest BCUT2D eigenvalue weighted by molar-refractivity contribution is 5.79. The summed E-state index contributed by atoms with van der Waals surface area (Å²) in [6.07, 6.45) is 0.729. The molecule has 5 nitrogen and oxygen atoms in total. The number of nitrogens with zero attached hydrogens (tertiary/aromatic N) is 1. The van der Waals surface area contributed by atoms with Gasteiger partial charge in [-0.15, -0.1) is 0 Å². The van der Waals surface area contributed by atoms with Gasteiger partial charge in [0.1, 0.15) is 23.4 Å². The van der Waals surface area contributed by atoms with Crippen molar-refractivity contribution in [2.45, 2.75) is 25.7 Å². The predicted molar refractivity (Wildman–Crippen MR) is 95.8 cm³/mol. The fourth-order valence-corrected chi connectivity index (χ4v) is 2.89. The summed E-state index contributed by atoms with van der Waals surface area (Å²) in [5.41, 5.74) is 1.15. The van der Waals surface area contributed by atoms with Gasteiger partial charge in [0, 0.05) is 25.6 Å². The van der Waals surface area contributed by atoms with Crippen molar-refractivity contribution < 1.29 is 22.6 Å². The van der Waals surface area contributed by atoms with Crippen molar-refractivity contribution in [3.63, 3.8) is 0 Å². The van der Waals surface area contributed by atoms with Gasteiger partial charge >= 0.3 is 6.61 Å². The summed E-state index contributed by atoms with van der Waals surface area (Å²) < 4.78 is 49.2. The molecule has 2 aromatic rings. The van der Waals surface area contributed by atoms with E-state index in [1.807, 2.05) is 24.3 Å². The van der Waals surface area contributed by atoms with Gasteiger partial charge in [-0.3, -0.25) is 4.99 Å². The maximum Gasteiger partial charge on any atom is 0.387 e. The Kier molecular flexibility index (Phi) is 6.05. The molecule has 0 bridgehead atoms. The monoisotopic (exact) mass is 379 g/mol. The zero-order valence-corrected chi connectivity index (χ0v) is 14.7. The van der Waals surface area contributed by atoms with Gasteiger partial charge in [-0.2, -0.15) is 8.78 Å². The van der Waals surface area contributed by atoms with Crippen LogP contribution in [0.5, 0.6) is 11.5 Å². The summed E-state index contributed by atoms with van der Waals surface area (Å²) in [5.74, 6) is 0.432. The number of hydrogen-bond acceptors (Lipinski definition) is 3. The molecule has 0 aromatic heterocycles. The molecule has 1 unspecified atom stereocenters. The van der Waals surface area contributed by atoms with E-state index in [9.17, 15) is 13.2 Å². The molecule has 2 N–H and O–H groups in total. The SMILES string of the molecule is CN=C(NCc1c(F)cccc1OC(F)F)NCC1Cc2ccccc2O1. The van der Waals surface area contributed by atoms with Crippen LogP contribution in [0.2, 0.25) is 0 Å². The predicted octanol–water partition coefficient (Wildman–Crippen LogP) is 3.10. The lowest BCUT2D eigenvalue weighted by Gasteiger charge is -2.17. The lowest BCUT2D eigenvalue weighted by atomic mass is 10.1. The average Bonchev–Trinajstić information content (AvgIpc) is 3.06. The van der Waals surface area contributed by atoms with E-state index in [0.29, 0.717) is 12.5 Å². The summed E-state index contributed by atoms with van der Waals surface area (Å²) >= 11 is 0. The van der Waals surface area contributed by atoms with Crippen LogP contribution in [-0.2, 0) is 13.0 Å². The molecule has 8 heteroatoms. The molecule has 0 fully saturated rings. The second kappa shape index (κ2) is 8.66. The molecular weight excluding hydrogens is 359 g/mol. The second-order valence-corrected chi connectivity index (χ2v) is 5.95. The van der Waals surface area contributed by atoms with E-state index >= 15 is 0 Å². The minimum absolute atomic E-state index is 0.00488. The summed E-state index contributed by atoms with van der Waals surface area (Å²) in [7, 11) is 1.57. The fraction of sp³-hybridized carbons (Fsp3) is 0.316. The number of guanidine groups is 1. The van der Waals surface area contributed by atoms with Crippen molar-refractivity contribution in [1.82, 2.24) is 10.6 Å². The smallest absolute Gasteiger partial charge is 0.387 e. The van der Waals surface area contributed by atoms with Crippen molar-refractivity contribution >= 4 is 5.96 Å². The van der Waals surface area contributed by atoms with E-state index in [-0.39, 0.29) is 24.0 Å². The molecule has 0 amide bonds. The molecule has 0 saturated heterocycles. The average molecular weight is 379 g/mol. The molecule has 1 heterocycles. The summed E-state index contributed by atoms with van der Waals surface area (Å²) in [5, 5.41) is 6.00. The van der Waals surface area contributed by atoms with Crippen molar-refractivity contribution in [2.24, 2.45) is 4.99 Å². The number of rotatable bonds is 6. The highest BCUT2D eigenvalue weighted by Crippen LogP contribution is 2.27. The van der Waals surface area contributed by atoms with E-state index in [0.717, 1.165) is 17.7 Å². The Morgan fingerprint density at radius 2 is 2.04 bits per heavy atom. The highest BCUT2D eigenvalue weighted by Gasteiger charge is 2.22. The Morgan fingerprint density at radius 1 is 1.22 bits per heavy atom. The first kappa shape index (κ1) is 18.9. The van der Waals surface area contributed by atoms with Gasteiger partial charge in [-0.25, -0.2) is 4.39 Å². The number of para-hydroxylation sites is 1. The van der Waals surface area contributed by atoms with E-state index in [4.69, 9.17) is 4.74 Å². The zero-order valence-electron chi connectivity index (χ0n) is 14.7. The first-order chi connectivity index (χ1) is 13.1. The number of benzene rings is 2. The largest absolute Gasteiger partial charge is 0.488 e. The van der Waals surface area contributed by atoms with Crippen molar-refractivity contribution in [1.29, 1.82) is 0 Å². The maximum atomic E-state index is 14.0. The van der Waals surface area contributed by atoms with Crippen LogP contribution in [0.1, 0.15) is 11.1 Å². The van der Waals surface area contributed by atoms with Gasteiger partial charge in [-0.05, 0) is 23.8 Å². The number of ether oxygens (including phenoxy) is 2. The number of halogens is 3. The van der Waals surface area contributed by atoms with Gasteiger partial charge in [-0.1, -0.05) is 24.3 Å². The minimum atomic E-state index is -3.02. The molecule has 27 heavy (non-hydrogen) atoms. The first-order valence-electron chi connectivity index (χ1n) is 8.48. The third-order valence-corrected chi connectivity index (χ3v) is 4.16. The molecule has 0 aliphatic carbocycles. The summed E-state index contributed by atoms with van der Waals surface area (Å²) in [6.45, 7) is -2.59. The Bertz CT molecular complexity index is 790. The van der Waals surface area contributed by atoms with Gasteiger partial charge < -0.3 is 20.1 Å². The number of alkyl halides is 2. The van der Waals surface area contributed by atoms with E-state index in [1.54, 1.807) is 7.05 Å². The van der Waals surface area contributed by atoms with E-state index in [2.05, 4.69) is 20.4 Å². The second-order valence-electron chi connectivity index (χ2n) is 5.95. The molecule has 144 valence electrons. The molecule has 3 rings (SSSR count). The Balaban J connectivity index is 1.55. The first-order valence-corrected chi connectivity index (χ1v) is 8.48. The molecule has 1 aliphatic heterocycles. The Morgan fingerprint density at radius 3 is 2.78 bits per heavy atom. The fourth-order valence-electron chi connectivity index (χ4n) is 2.89. The number of aliphatic imine (C=N–C) groups is 1. The maximum absolute atomic E-state index is 14.0. The van der Waals surface area contributed by atoms with Crippen molar-refractivity contribution in [3.05, 3.63) is 59.4 Å². The molecule has 0 radical (unpaired) electrons. The van der Waals surface area contributed by atoms with Crippen LogP contribution in [0.15, 0.2) is 47.5 Å². The number of nitrogens with one attached hydrogen (secondary N) is 2. The molecule has 2 aromatic carbocycles. The zero-order chi connectivity index (χ0) is 19.2. The molecule has 1 atom stereocenters.